The van der Waals surface area contributed by atoms with E-state index in [0.29, 0.717) is 0 Å². The summed E-state index contributed by atoms with van der Waals surface area (Å²) in [6.07, 6.45) is 3.86. The molecule has 3 rings (SSSR count). The molecule has 0 saturated carbocycles. The van der Waals surface area contributed by atoms with Crippen molar-refractivity contribution >= 4 is 17.0 Å². The van der Waals surface area contributed by atoms with E-state index in [-0.39, 0.29) is 6.04 Å². The monoisotopic (exact) mass is 269 g/mol. The Morgan fingerprint density at radius 2 is 2.16 bits per heavy atom. The number of aromatic nitrogens is 2. The highest BCUT2D eigenvalue weighted by molar-refractivity contribution is 7.13. The second-order valence-corrected chi connectivity index (χ2v) is 5.43. The summed E-state index contributed by atoms with van der Waals surface area (Å²) in [5, 5.41) is 2.07. The molecule has 2 N–H and O–H groups in total. The fraction of sp³-hybridized carbons (Fsp3) is 0.133. The first-order valence-corrected chi connectivity index (χ1v) is 7.06. The molecule has 0 aliphatic heterocycles. The molecule has 0 bridgehead atoms. The Bertz CT molecular complexity index is 670. The molecule has 2 heterocycles. The Kier molecular flexibility index (Phi) is 3.09. The van der Waals surface area contributed by atoms with Crippen LogP contribution < -0.4 is 5.73 Å². The summed E-state index contributed by atoms with van der Waals surface area (Å²) >= 11 is 1.70. The maximum Gasteiger partial charge on any atom is 0.150 e. The Labute approximate surface area is 116 Å². The molecule has 0 saturated heterocycles. The molecule has 1 aromatic carbocycles. The van der Waals surface area contributed by atoms with Crippen LogP contribution in [-0.4, -0.2) is 9.55 Å². The quantitative estimate of drug-likeness (QED) is 0.735. The van der Waals surface area contributed by atoms with Crippen molar-refractivity contribution in [3.63, 3.8) is 0 Å². The number of anilines is 1. The molecule has 3 nitrogen and oxygen atoms in total. The van der Waals surface area contributed by atoms with Crippen LogP contribution in [0.4, 0.5) is 5.69 Å². The minimum Gasteiger partial charge on any atom is -0.399 e. The van der Waals surface area contributed by atoms with Crippen LogP contribution in [0.5, 0.6) is 0 Å². The smallest absolute Gasteiger partial charge is 0.150 e. The lowest BCUT2D eigenvalue weighted by Gasteiger charge is -2.16. The van der Waals surface area contributed by atoms with Gasteiger partial charge in [-0.25, -0.2) is 4.98 Å². The van der Waals surface area contributed by atoms with Gasteiger partial charge in [-0.2, -0.15) is 0 Å². The maximum atomic E-state index is 5.86. The maximum absolute atomic E-state index is 5.86. The van der Waals surface area contributed by atoms with Gasteiger partial charge < -0.3 is 10.3 Å². The summed E-state index contributed by atoms with van der Waals surface area (Å²) in [5.74, 6) is 1.00. The summed E-state index contributed by atoms with van der Waals surface area (Å²) in [4.78, 5) is 5.65. The summed E-state index contributed by atoms with van der Waals surface area (Å²) < 4.78 is 2.18. The molecule has 0 aliphatic rings. The lowest BCUT2D eigenvalue weighted by molar-refractivity contribution is 0.647. The summed E-state index contributed by atoms with van der Waals surface area (Å²) in [6.45, 7) is 2.16. The van der Waals surface area contributed by atoms with Crippen molar-refractivity contribution in [2.75, 3.05) is 5.73 Å². The predicted octanol–water partition coefficient (Wildman–Crippen LogP) is 3.80. The number of hydrogen-bond donors (Lipinski definition) is 1. The molecule has 0 spiro atoms. The van der Waals surface area contributed by atoms with Crippen molar-refractivity contribution in [2.45, 2.75) is 13.0 Å². The third-order valence-electron chi connectivity index (χ3n) is 3.22. The second-order valence-electron chi connectivity index (χ2n) is 4.48. The van der Waals surface area contributed by atoms with E-state index in [1.807, 2.05) is 36.7 Å². The Balaban J connectivity index is 2.01. The first-order chi connectivity index (χ1) is 9.25. The highest BCUT2D eigenvalue weighted by atomic mass is 32.1. The molecular formula is C15H15N3S. The van der Waals surface area contributed by atoms with Gasteiger partial charge in [-0.1, -0.05) is 18.2 Å². The second kappa shape index (κ2) is 4.90. The standard InChI is InChI=1S/C15H15N3S/c1-11(12-4-2-5-13(16)10-12)18-8-7-17-15(18)14-6-3-9-19-14/h2-11H,16H2,1H3. The molecule has 0 fully saturated rings. The number of imidazole rings is 1. The zero-order valence-electron chi connectivity index (χ0n) is 10.7. The van der Waals surface area contributed by atoms with E-state index in [1.165, 1.54) is 10.4 Å². The van der Waals surface area contributed by atoms with Crippen LogP contribution in [0.2, 0.25) is 0 Å². The minimum atomic E-state index is 0.211. The topological polar surface area (TPSA) is 43.8 Å². The number of nitrogens with zero attached hydrogens (tertiary/aromatic N) is 2. The van der Waals surface area contributed by atoms with Crippen LogP contribution >= 0.6 is 11.3 Å². The van der Waals surface area contributed by atoms with Crippen LogP contribution in [0.3, 0.4) is 0 Å². The lowest BCUT2D eigenvalue weighted by atomic mass is 10.1. The summed E-state index contributed by atoms with van der Waals surface area (Å²) in [7, 11) is 0. The van der Waals surface area contributed by atoms with Gasteiger partial charge >= 0.3 is 0 Å². The molecule has 0 amide bonds. The predicted molar refractivity (Wildman–Crippen MR) is 80.2 cm³/mol. The summed E-state index contributed by atoms with van der Waals surface area (Å²) in [6, 6.07) is 12.4. The van der Waals surface area contributed by atoms with Gasteiger partial charge in [-0.15, -0.1) is 11.3 Å². The third kappa shape index (κ3) is 2.27. The molecule has 0 radical (unpaired) electrons. The van der Waals surface area contributed by atoms with Crippen molar-refractivity contribution in [1.82, 2.24) is 9.55 Å². The Hall–Kier alpha value is -2.07. The first-order valence-electron chi connectivity index (χ1n) is 6.18. The molecule has 96 valence electrons. The van der Waals surface area contributed by atoms with Gasteiger partial charge in [0.1, 0.15) is 0 Å². The SMILES string of the molecule is CC(c1cccc(N)c1)n1ccnc1-c1cccs1. The van der Waals surface area contributed by atoms with Crippen LogP contribution in [-0.2, 0) is 0 Å². The number of benzene rings is 1. The van der Waals surface area contributed by atoms with Crippen LogP contribution in [0, 0.1) is 0 Å². The molecule has 1 atom stereocenters. The number of nitrogen functional groups attached to an aromatic ring is 1. The number of rotatable bonds is 3. The molecule has 4 heteroatoms. The third-order valence-corrected chi connectivity index (χ3v) is 4.09. The van der Waals surface area contributed by atoms with E-state index in [4.69, 9.17) is 5.73 Å². The fourth-order valence-corrected chi connectivity index (χ4v) is 2.93. The van der Waals surface area contributed by atoms with Crippen molar-refractivity contribution < 1.29 is 0 Å². The van der Waals surface area contributed by atoms with E-state index in [2.05, 4.69) is 34.0 Å². The molecule has 3 aromatic rings. The van der Waals surface area contributed by atoms with E-state index < -0.39 is 0 Å². The Morgan fingerprint density at radius 1 is 1.26 bits per heavy atom. The minimum absolute atomic E-state index is 0.211. The van der Waals surface area contributed by atoms with Gasteiger partial charge in [0.25, 0.3) is 0 Å². The van der Waals surface area contributed by atoms with Gasteiger partial charge in [0, 0.05) is 18.1 Å². The molecule has 1 unspecified atom stereocenters. The van der Waals surface area contributed by atoms with Crippen LogP contribution in [0.15, 0.2) is 54.2 Å². The highest BCUT2D eigenvalue weighted by Gasteiger charge is 2.14. The van der Waals surface area contributed by atoms with E-state index in [9.17, 15) is 0 Å². The fourth-order valence-electron chi connectivity index (χ4n) is 2.20. The van der Waals surface area contributed by atoms with E-state index >= 15 is 0 Å². The van der Waals surface area contributed by atoms with Gasteiger partial charge in [0.15, 0.2) is 5.82 Å². The van der Waals surface area contributed by atoms with Crippen LogP contribution in [0.1, 0.15) is 18.5 Å². The average Bonchev–Trinajstić information content (AvgIpc) is 3.08. The highest BCUT2D eigenvalue weighted by Crippen LogP contribution is 2.28. The normalized spacial score (nSPS) is 12.5. The van der Waals surface area contributed by atoms with Gasteiger partial charge in [-0.3, -0.25) is 0 Å². The van der Waals surface area contributed by atoms with Gasteiger partial charge in [0.2, 0.25) is 0 Å². The molecule has 0 aliphatic carbocycles. The largest absolute Gasteiger partial charge is 0.399 e. The number of nitrogens with two attached hydrogens (primary N) is 1. The van der Waals surface area contributed by atoms with Crippen molar-refractivity contribution in [1.29, 1.82) is 0 Å². The summed E-state index contributed by atoms with van der Waals surface area (Å²) in [5.41, 5.74) is 7.84. The van der Waals surface area contributed by atoms with Gasteiger partial charge in [0.05, 0.1) is 10.9 Å². The Morgan fingerprint density at radius 3 is 2.89 bits per heavy atom. The zero-order valence-corrected chi connectivity index (χ0v) is 11.5. The molecular weight excluding hydrogens is 254 g/mol. The zero-order chi connectivity index (χ0) is 13.2. The van der Waals surface area contributed by atoms with Crippen molar-refractivity contribution in [3.8, 4) is 10.7 Å². The molecule has 2 aromatic heterocycles. The van der Waals surface area contributed by atoms with Crippen LogP contribution in [0.25, 0.3) is 10.7 Å². The lowest BCUT2D eigenvalue weighted by Crippen LogP contribution is -2.07. The van der Waals surface area contributed by atoms with E-state index in [1.54, 1.807) is 11.3 Å². The average molecular weight is 269 g/mol. The van der Waals surface area contributed by atoms with Gasteiger partial charge in [-0.05, 0) is 36.1 Å². The number of hydrogen-bond acceptors (Lipinski definition) is 3. The van der Waals surface area contributed by atoms with E-state index in [0.717, 1.165) is 11.5 Å². The number of thiophene rings is 1. The van der Waals surface area contributed by atoms with Crippen molar-refractivity contribution in [2.24, 2.45) is 0 Å². The first kappa shape index (κ1) is 12.0. The molecule has 19 heavy (non-hydrogen) atoms. The van der Waals surface area contributed by atoms with Crippen molar-refractivity contribution in [3.05, 3.63) is 59.7 Å².